The number of halogens is 3. The van der Waals surface area contributed by atoms with Gasteiger partial charge < -0.3 is 35.6 Å². The Labute approximate surface area is 281 Å². The summed E-state index contributed by atoms with van der Waals surface area (Å²) < 4.78 is 45.2. The van der Waals surface area contributed by atoms with Crippen LogP contribution in [0.3, 0.4) is 0 Å². The summed E-state index contributed by atoms with van der Waals surface area (Å²) in [5.74, 6) is -0.128. The normalized spacial score (nSPS) is 17.1. The Balaban J connectivity index is 1.34. The molecule has 0 bridgehead atoms. The fraction of sp³-hybridized carbons (Fsp3) is 0.306. The monoisotopic (exact) mass is 677 g/mol. The Hall–Kier alpha value is -5.30. The van der Waals surface area contributed by atoms with E-state index in [0.717, 1.165) is 35.0 Å². The number of ether oxygens (including phenoxy) is 1. The van der Waals surface area contributed by atoms with Crippen molar-refractivity contribution in [2.45, 2.75) is 38.6 Å². The van der Waals surface area contributed by atoms with Gasteiger partial charge in [0.1, 0.15) is 11.9 Å². The summed E-state index contributed by atoms with van der Waals surface area (Å²) in [4.78, 5) is 42.8. The van der Waals surface area contributed by atoms with Crippen LogP contribution < -0.4 is 20.7 Å². The van der Waals surface area contributed by atoms with Crippen molar-refractivity contribution in [3.63, 3.8) is 0 Å². The van der Waals surface area contributed by atoms with E-state index in [1.54, 1.807) is 37.1 Å². The Morgan fingerprint density at radius 3 is 2.37 bits per heavy atom. The number of benzene rings is 4. The van der Waals surface area contributed by atoms with Crippen molar-refractivity contribution in [2.75, 3.05) is 42.7 Å². The van der Waals surface area contributed by atoms with E-state index in [1.165, 1.54) is 4.90 Å². The fourth-order valence-electron chi connectivity index (χ4n) is 5.66. The van der Waals surface area contributed by atoms with Crippen molar-refractivity contribution < 1.29 is 37.4 Å². The molecule has 0 fully saturated rings. The lowest BCUT2D eigenvalue weighted by atomic mass is 10.0. The summed E-state index contributed by atoms with van der Waals surface area (Å²) in [5, 5.41) is 20.0. The van der Waals surface area contributed by atoms with Gasteiger partial charge in [-0.25, -0.2) is 9.59 Å². The number of hydrogen-bond donors (Lipinski definition) is 4. The quantitative estimate of drug-likeness (QED) is 0.171. The van der Waals surface area contributed by atoms with E-state index in [1.807, 2.05) is 49.4 Å². The van der Waals surface area contributed by atoms with E-state index in [9.17, 15) is 32.7 Å². The molecule has 13 heteroatoms. The minimum absolute atomic E-state index is 0.0907. The zero-order chi connectivity index (χ0) is 35.3. The number of carbonyl (C=O) groups is 3. The molecule has 5 amide bonds. The maximum Gasteiger partial charge on any atom is 0.416 e. The van der Waals surface area contributed by atoms with Crippen molar-refractivity contribution in [3.8, 4) is 5.75 Å². The number of alkyl halides is 3. The Bertz CT molecular complexity index is 1810. The molecular formula is C36H38F3N5O5. The first kappa shape index (κ1) is 35.0. The SMILES string of the molecule is C[C@H](CO)N1C[C@H](C)[C@H](CN(C)C(=O)Nc2cccc3ccccc23)Oc2ccc(NC(=O)Nc3ccc(C(F)(F)F)cc3)cc2CC1=O. The number of amides is 5. The van der Waals surface area contributed by atoms with Gasteiger partial charge in [0.15, 0.2) is 0 Å². The number of fused-ring (bicyclic) bond motifs is 2. The second-order valence-corrected chi connectivity index (χ2v) is 12.2. The molecule has 1 heterocycles. The van der Waals surface area contributed by atoms with Gasteiger partial charge in [0.05, 0.1) is 36.9 Å². The van der Waals surface area contributed by atoms with Crippen molar-refractivity contribution in [3.05, 3.63) is 96.1 Å². The van der Waals surface area contributed by atoms with Crippen LogP contribution in [-0.4, -0.2) is 71.8 Å². The summed E-state index contributed by atoms with van der Waals surface area (Å²) in [6.45, 7) is 3.83. The van der Waals surface area contributed by atoms with E-state index in [-0.39, 0.29) is 49.7 Å². The van der Waals surface area contributed by atoms with E-state index >= 15 is 0 Å². The first-order valence-electron chi connectivity index (χ1n) is 15.8. The standard InChI is InChI=1S/C36H38F3N5O5/c1-22-19-44(23(2)21-45)33(46)18-25-17-28(41-34(47)40-27-13-11-26(12-14-27)36(37,38)39)15-16-31(25)49-32(22)20-43(3)35(48)42-30-10-6-8-24-7-4-5-9-29(24)30/h4-17,22-23,32,45H,18-21H2,1-3H3,(H,42,48)(H2,40,41,47)/t22-,23+,32-/m0/s1. The van der Waals surface area contributed by atoms with Crippen molar-refractivity contribution in [1.82, 2.24) is 9.80 Å². The van der Waals surface area contributed by atoms with E-state index in [4.69, 9.17) is 4.74 Å². The van der Waals surface area contributed by atoms with Crippen LogP contribution in [0, 0.1) is 5.92 Å². The van der Waals surface area contributed by atoms with Crippen LogP contribution >= 0.6 is 0 Å². The average molecular weight is 678 g/mol. The minimum Gasteiger partial charge on any atom is -0.488 e. The molecule has 5 rings (SSSR count). The number of aliphatic hydroxyl groups is 1. The molecule has 0 saturated heterocycles. The highest BCUT2D eigenvalue weighted by Gasteiger charge is 2.32. The third kappa shape index (κ3) is 8.60. The van der Waals surface area contributed by atoms with Crippen LogP contribution in [0.4, 0.5) is 39.8 Å². The van der Waals surface area contributed by atoms with Crippen molar-refractivity contribution >= 4 is 45.8 Å². The molecule has 4 N–H and O–H groups in total. The zero-order valence-corrected chi connectivity index (χ0v) is 27.3. The lowest BCUT2D eigenvalue weighted by Crippen LogP contribution is -2.48. The first-order valence-corrected chi connectivity index (χ1v) is 15.8. The van der Waals surface area contributed by atoms with E-state index in [2.05, 4.69) is 16.0 Å². The summed E-state index contributed by atoms with van der Waals surface area (Å²) in [6, 6.07) is 20.7. The summed E-state index contributed by atoms with van der Waals surface area (Å²) in [6.07, 6.45) is -5.16. The molecule has 1 aliphatic heterocycles. The number of likely N-dealkylation sites (N-methyl/N-ethyl adjacent to an activating group) is 1. The highest BCUT2D eigenvalue weighted by Crippen LogP contribution is 2.31. The van der Waals surface area contributed by atoms with Gasteiger partial charge in [-0.1, -0.05) is 43.3 Å². The van der Waals surface area contributed by atoms with Gasteiger partial charge in [-0.2, -0.15) is 13.2 Å². The molecule has 4 aromatic rings. The van der Waals surface area contributed by atoms with Crippen LogP contribution in [0.2, 0.25) is 0 Å². The van der Waals surface area contributed by atoms with E-state index < -0.39 is 29.9 Å². The number of urea groups is 2. The third-order valence-electron chi connectivity index (χ3n) is 8.48. The Morgan fingerprint density at radius 2 is 1.65 bits per heavy atom. The lowest BCUT2D eigenvalue weighted by molar-refractivity contribution is -0.137. The molecule has 3 atom stereocenters. The summed E-state index contributed by atoms with van der Waals surface area (Å²) in [7, 11) is 1.66. The largest absolute Gasteiger partial charge is 0.488 e. The molecular weight excluding hydrogens is 639 g/mol. The third-order valence-corrected chi connectivity index (χ3v) is 8.48. The molecule has 1 aliphatic rings. The molecule has 0 aliphatic carbocycles. The molecule has 49 heavy (non-hydrogen) atoms. The highest BCUT2D eigenvalue weighted by atomic mass is 19.4. The number of hydrogen-bond acceptors (Lipinski definition) is 5. The number of nitrogens with zero attached hydrogens (tertiary/aromatic N) is 2. The molecule has 0 saturated carbocycles. The summed E-state index contributed by atoms with van der Waals surface area (Å²) >= 11 is 0. The molecule has 0 radical (unpaired) electrons. The summed E-state index contributed by atoms with van der Waals surface area (Å²) in [5.41, 5.74) is 0.770. The van der Waals surface area contributed by atoms with Crippen molar-refractivity contribution in [2.24, 2.45) is 5.92 Å². The van der Waals surface area contributed by atoms with Crippen molar-refractivity contribution in [1.29, 1.82) is 0 Å². The highest BCUT2D eigenvalue weighted by molar-refractivity contribution is 6.01. The average Bonchev–Trinajstić information content (AvgIpc) is 3.11. The molecule has 258 valence electrons. The smallest absolute Gasteiger partial charge is 0.416 e. The van der Waals surface area contributed by atoms with Crippen LogP contribution in [0.25, 0.3) is 10.8 Å². The molecule has 0 aromatic heterocycles. The minimum atomic E-state index is -4.50. The van der Waals surface area contributed by atoms with Gasteiger partial charge in [-0.3, -0.25) is 4.79 Å². The predicted molar refractivity (Wildman–Crippen MR) is 182 cm³/mol. The van der Waals surface area contributed by atoms with Gasteiger partial charge in [0.25, 0.3) is 0 Å². The number of anilines is 3. The lowest BCUT2D eigenvalue weighted by Gasteiger charge is -2.34. The van der Waals surface area contributed by atoms with Gasteiger partial charge in [-0.15, -0.1) is 0 Å². The molecule has 0 spiro atoms. The number of carbonyl (C=O) groups excluding carboxylic acids is 3. The molecule has 4 aromatic carbocycles. The van der Waals surface area contributed by atoms with Gasteiger partial charge in [-0.05, 0) is 60.8 Å². The number of nitrogens with one attached hydrogen (secondary N) is 3. The van der Waals surface area contributed by atoms with Gasteiger partial charge in [0.2, 0.25) is 5.91 Å². The Kier molecular flexibility index (Phi) is 10.6. The topological polar surface area (TPSA) is 123 Å². The van der Waals surface area contributed by atoms with Gasteiger partial charge >= 0.3 is 18.2 Å². The maximum atomic E-state index is 13.6. The number of rotatable bonds is 7. The Morgan fingerprint density at radius 1 is 0.980 bits per heavy atom. The van der Waals surface area contributed by atoms with Crippen LogP contribution in [-0.2, 0) is 17.4 Å². The maximum absolute atomic E-state index is 13.6. The van der Waals surface area contributed by atoms with Crippen LogP contribution in [0.5, 0.6) is 5.75 Å². The second kappa shape index (κ2) is 14.9. The molecule has 0 unspecified atom stereocenters. The van der Waals surface area contributed by atoms with Gasteiger partial charge in [0, 0.05) is 41.8 Å². The van der Waals surface area contributed by atoms with Crippen LogP contribution in [0.15, 0.2) is 84.9 Å². The predicted octanol–water partition coefficient (Wildman–Crippen LogP) is 6.82. The first-order chi connectivity index (χ1) is 23.3. The van der Waals surface area contributed by atoms with E-state index in [0.29, 0.717) is 22.7 Å². The van der Waals surface area contributed by atoms with Crippen LogP contribution in [0.1, 0.15) is 25.0 Å². The second-order valence-electron chi connectivity index (χ2n) is 12.2. The number of aliphatic hydroxyl groups excluding tert-OH is 1. The molecule has 10 nitrogen and oxygen atoms in total. The fourth-order valence-corrected chi connectivity index (χ4v) is 5.66. The zero-order valence-electron chi connectivity index (χ0n) is 27.3.